The van der Waals surface area contributed by atoms with Gasteiger partial charge < -0.3 is 40.1 Å². The van der Waals surface area contributed by atoms with E-state index in [0.29, 0.717) is 25.7 Å². The Morgan fingerprint density at radius 3 is 2.38 bits per heavy atom. The van der Waals surface area contributed by atoms with Gasteiger partial charge in [0.25, 0.3) is 0 Å². The lowest BCUT2D eigenvalue weighted by Gasteiger charge is -2.59. The van der Waals surface area contributed by atoms with E-state index in [1.165, 1.54) is 5.57 Å². The maximum Gasteiger partial charge on any atom is 0.186 e. The van der Waals surface area contributed by atoms with E-state index in [9.17, 15) is 35.4 Å². The molecule has 9 heteroatoms. The van der Waals surface area contributed by atoms with Gasteiger partial charge in [0.2, 0.25) is 0 Å². The summed E-state index contributed by atoms with van der Waals surface area (Å²) in [4.78, 5) is 13.0. The second-order valence-electron chi connectivity index (χ2n) is 15.3. The molecular weight excluding hydrogens is 540 g/mol. The predicted octanol–water partition coefficient (Wildman–Crippen LogP) is 2.33. The fraction of sp³-hybridized carbons (Fsp3) is 0.909. The van der Waals surface area contributed by atoms with Crippen LogP contribution in [0.15, 0.2) is 11.6 Å². The number of hydrogen-bond donors (Lipinski definition) is 6. The molecule has 6 N–H and O–H groups in total. The first-order chi connectivity index (χ1) is 19.7. The Bertz CT molecular complexity index is 1010. The van der Waals surface area contributed by atoms with E-state index in [1.54, 1.807) is 0 Å². The van der Waals surface area contributed by atoms with Crippen molar-refractivity contribution in [2.45, 2.75) is 135 Å². The van der Waals surface area contributed by atoms with Crippen LogP contribution in [-0.4, -0.2) is 92.0 Å². The third-order valence-corrected chi connectivity index (χ3v) is 12.1. The van der Waals surface area contributed by atoms with Crippen molar-refractivity contribution in [1.82, 2.24) is 0 Å². The molecule has 240 valence electrons. The summed E-state index contributed by atoms with van der Waals surface area (Å²) in [6.07, 6.45) is -0.564. The zero-order valence-corrected chi connectivity index (χ0v) is 25.9. The average molecular weight is 595 g/mol. The number of aliphatic hydroxyl groups is 6. The predicted molar refractivity (Wildman–Crippen MR) is 155 cm³/mol. The van der Waals surface area contributed by atoms with Gasteiger partial charge in [-0.3, -0.25) is 4.79 Å². The van der Waals surface area contributed by atoms with Crippen molar-refractivity contribution >= 4 is 5.78 Å². The Labute approximate surface area is 250 Å². The van der Waals surface area contributed by atoms with Crippen LogP contribution in [0.5, 0.6) is 0 Å². The summed E-state index contributed by atoms with van der Waals surface area (Å²) in [6, 6.07) is 0. The fourth-order valence-corrected chi connectivity index (χ4v) is 10.2. The molecule has 0 radical (unpaired) electrons. The molecule has 1 aliphatic heterocycles. The number of carbonyl (C=O) groups is 1. The van der Waals surface area contributed by atoms with Crippen LogP contribution < -0.4 is 0 Å². The number of fused-ring (bicyclic) bond motifs is 5. The van der Waals surface area contributed by atoms with E-state index in [-0.39, 0.29) is 58.2 Å². The van der Waals surface area contributed by atoms with Crippen LogP contribution in [-0.2, 0) is 14.3 Å². The number of Topliss-reactive ketones (excluding diaryl/α,β-unsaturated/α-hetero) is 1. The number of aliphatic hydroxyl groups excluding tert-OH is 6. The Kier molecular flexibility index (Phi) is 9.37. The third-order valence-electron chi connectivity index (χ3n) is 12.1. The van der Waals surface area contributed by atoms with E-state index >= 15 is 0 Å². The van der Waals surface area contributed by atoms with Crippen molar-refractivity contribution < 1.29 is 44.9 Å². The molecule has 0 aromatic heterocycles. The Balaban J connectivity index is 1.47. The fourth-order valence-electron chi connectivity index (χ4n) is 10.2. The first-order valence-electron chi connectivity index (χ1n) is 16.3. The second kappa shape index (κ2) is 12.1. The van der Waals surface area contributed by atoms with Gasteiger partial charge in [0.05, 0.1) is 24.9 Å². The molecule has 0 aromatic rings. The number of hydrogen-bond acceptors (Lipinski definition) is 9. The molecule has 15 atom stereocenters. The van der Waals surface area contributed by atoms with Crippen molar-refractivity contribution in [3.8, 4) is 0 Å². The highest BCUT2D eigenvalue weighted by Crippen LogP contribution is 2.68. The van der Waals surface area contributed by atoms with Gasteiger partial charge >= 0.3 is 0 Å². The number of carbonyl (C=O) groups excluding carboxylic acids is 1. The van der Waals surface area contributed by atoms with Gasteiger partial charge in [-0.15, -0.1) is 0 Å². The van der Waals surface area contributed by atoms with E-state index in [0.717, 1.165) is 25.7 Å². The van der Waals surface area contributed by atoms with Gasteiger partial charge in [0, 0.05) is 12.8 Å². The third kappa shape index (κ3) is 5.55. The molecule has 4 fully saturated rings. The van der Waals surface area contributed by atoms with Gasteiger partial charge in [0.1, 0.15) is 30.2 Å². The lowest BCUT2D eigenvalue weighted by molar-refractivity contribution is -0.315. The minimum absolute atomic E-state index is 0.00258. The maximum atomic E-state index is 13.0. The van der Waals surface area contributed by atoms with E-state index in [1.807, 2.05) is 19.9 Å². The summed E-state index contributed by atoms with van der Waals surface area (Å²) in [5.41, 5.74) is 0.860. The summed E-state index contributed by atoms with van der Waals surface area (Å²) < 4.78 is 12.3. The van der Waals surface area contributed by atoms with Crippen molar-refractivity contribution in [2.75, 3.05) is 6.61 Å². The summed E-state index contributed by atoms with van der Waals surface area (Å²) in [7, 11) is 0. The molecule has 0 aromatic carbocycles. The number of rotatable bonds is 8. The Morgan fingerprint density at radius 1 is 1.00 bits per heavy atom. The number of ether oxygens (including phenoxy) is 2. The second-order valence-corrected chi connectivity index (χ2v) is 15.3. The van der Waals surface area contributed by atoms with Crippen molar-refractivity contribution in [1.29, 1.82) is 0 Å². The van der Waals surface area contributed by atoms with Crippen LogP contribution in [0.3, 0.4) is 0 Å². The van der Waals surface area contributed by atoms with Crippen molar-refractivity contribution in [2.24, 2.45) is 46.3 Å². The van der Waals surface area contributed by atoms with E-state index in [4.69, 9.17) is 9.47 Å². The highest BCUT2D eigenvalue weighted by atomic mass is 16.7. The lowest BCUT2D eigenvalue weighted by atomic mass is 9.46. The molecular formula is C33H54O9. The zero-order valence-electron chi connectivity index (χ0n) is 25.9. The SMILES string of the molecule is CC(C)CC(=O)CC(C)C1C(OC2OC(CO)C(O)C(O)C2O)CC2C3C(O)C=C4CC(O)CCC4(C)C3CCC21C. The molecule has 15 unspecified atom stereocenters. The highest BCUT2D eigenvalue weighted by molar-refractivity contribution is 5.78. The summed E-state index contributed by atoms with van der Waals surface area (Å²) in [6.45, 7) is 10.2. The highest BCUT2D eigenvalue weighted by Gasteiger charge is 2.64. The normalized spacial score (nSPS) is 49.6. The van der Waals surface area contributed by atoms with E-state index < -0.39 is 49.5 Å². The molecule has 0 spiro atoms. The van der Waals surface area contributed by atoms with Gasteiger partial charge in [-0.25, -0.2) is 0 Å². The molecule has 0 bridgehead atoms. The molecule has 5 rings (SSSR count). The topological polar surface area (TPSA) is 157 Å². The quantitative estimate of drug-likeness (QED) is 0.232. The van der Waals surface area contributed by atoms with Crippen LogP contribution in [0, 0.1) is 46.3 Å². The minimum atomic E-state index is -1.53. The molecule has 4 aliphatic carbocycles. The van der Waals surface area contributed by atoms with Gasteiger partial charge in [-0.05, 0) is 84.9 Å². The van der Waals surface area contributed by atoms with Crippen LogP contribution >= 0.6 is 0 Å². The molecule has 3 saturated carbocycles. The molecule has 42 heavy (non-hydrogen) atoms. The molecule has 9 nitrogen and oxygen atoms in total. The summed E-state index contributed by atoms with van der Waals surface area (Å²) in [5, 5.41) is 63.4. The van der Waals surface area contributed by atoms with Crippen LogP contribution in [0.4, 0.5) is 0 Å². The zero-order chi connectivity index (χ0) is 30.7. The summed E-state index contributed by atoms with van der Waals surface area (Å²) in [5.74, 6) is 0.746. The Hall–Kier alpha value is -0.910. The molecule has 0 amide bonds. The summed E-state index contributed by atoms with van der Waals surface area (Å²) >= 11 is 0. The molecule has 1 saturated heterocycles. The first kappa shape index (κ1) is 32.5. The van der Waals surface area contributed by atoms with E-state index in [2.05, 4.69) is 20.8 Å². The smallest absolute Gasteiger partial charge is 0.186 e. The van der Waals surface area contributed by atoms with Crippen molar-refractivity contribution in [3.63, 3.8) is 0 Å². The van der Waals surface area contributed by atoms with Gasteiger partial charge in [-0.1, -0.05) is 46.3 Å². The maximum absolute atomic E-state index is 13.0. The number of ketones is 1. The van der Waals surface area contributed by atoms with Gasteiger partial charge in [-0.2, -0.15) is 0 Å². The average Bonchev–Trinajstić information content (AvgIpc) is 3.21. The first-order valence-corrected chi connectivity index (χ1v) is 16.3. The van der Waals surface area contributed by atoms with Gasteiger partial charge in [0.15, 0.2) is 6.29 Å². The van der Waals surface area contributed by atoms with Crippen LogP contribution in [0.1, 0.15) is 86.0 Å². The standard InChI is InChI=1S/C33H54O9/c1-16(2)10-20(36)11-17(3)27-24(41-31-30(40)29(39)28(38)25(15-34)42-31)14-22-26-21(7-9-33(22,27)5)32(4)8-6-19(35)12-18(32)13-23(26)37/h13,16-17,19,21-31,34-35,37-40H,6-12,14-15H2,1-5H3. The molecule has 1 heterocycles. The lowest BCUT2D eigenvalue weighted by Crippen LogP contribution is -2.60. The van der Waals surface area contributed by atoms with Crippen molar-refractivity contribution in [3.05, 3.63) is 11.6 Å². The Morgan fingerprint density at radius 2 is 1.71 bits per heavy atom. The van der Waals surface area contributed by atoms with Crippen LogP contribution in [0.25, 0.3) is 0 Å². The van der Waals surface area contributed by atoms with Crippen LogP contribution in [0.2, 0.25) is 0 Å². The monoisotopic (exact) mass is 594 g/mol. The minimum Gasteiger partial charge on any atom is -0.394 e. The largest absolute Gasteiger partial charge is 0.394 e. The molecule has 5 aliphatic rings.